The van der Waals surface area contributed by atoms with Crippen LogP contribution < -0.4 is 0 Å². The van der Waals surface area contributed by atoms with E-state index in [1.165, 1.54) is 16.7 Å². The fourth-order valence-electron chi connectivity index (χ4n) is 1.69. The van der Waals surface area contributed by atoms with Crippen molar-refractivity contribution >= 4 is 5.57 Å². The molecule has 0 amide bonds. The smallest absolute Gasteiger partial charge is 0.0112 e. The lowest BCUT2D eigenvalue weighted by molar-refractivity contribution is 1.42. The van der Waals surface area contributed by atoms with E-state index in [0.29, 0.717) is 0 Å². The lowest BCUT2D eigenvalue weighted by Crippen LogP contribution is -1.89. The van der Waals surface area contributed by atoms with Crippen LogP contribution in [0.25, 0.3) is 5.57 Å². The monoisotopic (exact) mass is 210 g/mol. The molecule has 0 spiro atoms. The van der Waals surface area contributed by atoms with Crippen LogP contribution in [0.4, 0.5) is 0 Å². The molecule has 0 fully saturated rings. The van der Waals surface area contributed by atoms with Crippen molar-refractivity contribution in [2.24, 2.45) is 0 Å². The maximum Gasteiger partial charge on any atom is -0.0112 e. The lowest BCUT2D eigenvalue weighted by Gasteiger charge is -2.09. The molecule has 0 bridgehead atoms. The van der Waals surface area contributed by atoms with E-state index in [2.05, 4.69) is 44.4 Å². The fraction of sp³-hybridized carbons (Fsp3) is 0.125. The maximum atomic E-state index is 3.83. The SMILES string of the molecule is C=CC(C=C)=C(C=CC)c1ccccc1C. The van der Waals surface area contributed by atoms with Crippen molar-refractivity contribution < 1.29 is 0 Å². The van der Waals surface area contributed by atoms with E-state index < -0.39 is 0 Å². The minimum atomic E-state index is 1.06. The van der Waals surface area contributed by atoms with Crippen molar-refractivity contribution in [3.63, 3.8) is 0 Å². The molecule has 0 atom stereocenters. The second kappa shape index (κ2) is 5.92. The summed E-state index contributed by atoms with van der Waals surface area (Å²) in [5, 5.41) is 0. The highest BCUT2D eigenvalue weighted by molar-refractivity contribution is 5.81. The Morgan fingerprint density at radius 1 is 1.12 bits per heavy atom. The van der Waals surface area contributed by atoms with Gasteiger partial charge in [-0.2, -0.15) is 0 Å². The van der Waals surface area contributed by atoms with Crippen LogP contribution >= 0.6 is 0 Å². The van der Waals surface area contributed by atoms with Crippen LogP contribution in [0.3, 0.4) is 0 Å². The summed E-state index contributed by atoms with van der Waals surface area (Å²) in [6.07, 6.45) is 7.82. The first-order valence-electron chi connectivity index (χ1n) is 5.42. The van der Waals surface area contributed by atoms with E-state index in [1.54, 1.807) is 0 Å². The highest BCUT2D eigenvalue weighted by Crippen LogP contribution is 2.24. The molecule has 1 aromatic rings. The van der Waals surface area contributed by atoms with Crippen molar-refractivity contribution in [1.29, 1.82) is 0 Å². The average Bonchev–Trinajstić information content (AvgIpc) is 2.30. The normalized spacial score (nSPS) is 10.1. The van der Waals surface area contributed by atoms with Gasteiger partial charge in [0.25, 0.3) is 0 Å². The number of hydrogen-bond acceptors (Lipinski definition) is 0. The summed E-state index contributed by atoms with van der Waals surface area (Å²) in [6.45, 7) is 11.8. The van der Waals surface area contributed by atoms with Crippen molar-refractivity contribution in [3.8, 4) is 0 Å². The number of aryl methyl sites for hydroxylation is 1. The predicted octanol–water partition coefficient (Wildman–Crippen LogP) is 4.70. The van der Waals surface area contributed by atoms with E-state index in [0.717, 1.165) is 5.57 Å². The van der Waals surface area contributed by atoms with Gasteiger partial charge >= 0.3 is 0 Å². The minimum Gasteiger partial charge on any atom is -0.0984 e. The Kier molecular flexibility index (Phi) is 4.53. The average molecular weight is 210 g/mol. The van der Waals surface area contributed by atoms with E-state index in [1.807, 2.05) is 31.2 Å². The molecule has 0 radical (unpaired) electrons. The van der Waals surface area contributed by atoms with Crippen molar-refractivity contribution in [1.82, 2.24) is 0 Å². The molecule has 0 aliphatic heterocycles. The summed E-state index contributed by atoms with van der Waals surface area (Å²) >= 11 is 0. The van der Waals surface area contributed by atoms with Crippen LogP contribution in [0.15, 0.2) is 67.3 Å². The van der Waals surface area contributed by atoms with Gasteiger partial charge in [-0.25, -0.2) is 0 Å². The molecule has 0 aliphatic rings. The second-order valence-corrected chi connectivity index (χ2v) is 3.59. The molecular formula is C16H18. The Balaban J connectivity index is 3.45. The second-order valence-electron chi connectivity index (χ2n) is 3.59. The molecule has 0 unspecified atom stereocenters. The van der Waals surface area contributed by atoms with Crippen LogP contribution in [0.1, 0.15) is 18.1 Å². The molecule has 0 saturated heterocycles. The zero-order valence-corrected chi connectivity index (χ0v) is 10.0. The van der Waals surface area contributed by atoms with Crippen LogP contribution in [0.5, 0.6) is 0 Å². The summed E-state index contributed by atoms with van der Waals surface area (Å²) in [5.41, 5.74) is 4.73. The van der Waals surface area contributed by atoms with Crippen LogP contribution in [0.2, 0.25) is 0 Å². The first-order chi connectivity index (χ1) is 7.74. The topological polar surface area (TPSA) is 0 Å². The van der Waals surface area contributed by atoms with E-state index >= 15 is 0 Å². The van der Waals surface area contributed by atoms with Crippen LogP contribution in [-0.4, -0.2) is 0 Å². The van der Waals surface area contributed by atoms with Gasteiger partial charge in [-0.05, 0) is 36.1 Å². The van der Waals surface area contributed by atoms with Crippen LogP contribution in [-0.2, 0) is 0 Å². The predicted molar refractivity (Wildman–Crippen MR) is 73.3 cm³/mol. The maximum absolute atomic E-state index is 3.83. The Morgan fingerprint density at radius 3 is 2.25 bits per heavy atom. The number of rotatable bonds is 4. The largest absolute Gasteiger partial charge is 0.0984 e. The number of hydrogen-bond donors (Lipinski definition) is 0. The van der Waals surface area contributed by atoms with E-state index in [9.17, 15) is 0 Å². The summed E-state index contributed by atoms with van der Waals surface area (Å²) < 4.78 is 0. The first kappa shape index (κ1) is 12.3. The Morgan fingerprint density at radius 2 is 1.75 bits per heavy atom. The van der Waals surface area contributed by atoms with Gasteiger partial charge < -0.3 is 0 Å². The Labute approximate surface area is 98.3 Å². The minimum absolute atomic E-state index is 1.06. The quantitative estimate of drug-likeness (QED) is 0.632. The first-order valence-corrected chi connectivity index (χ1v) is 5.42. The zero-order chi connectivity index (χ0) is 12.0. The molecule has 1 rings (SSSR count). The number of allylic oxidation sites excluding steroid dienone is 6. The van der Waals surface area contributed by atoms with Gasteiger partial charge in [0, 0.05) is 0 Å². The Bertz CT molecular complexity index is 435. The highest BCUT2D eigenvalue weighted by Gasteiger charge is 2.04. The number of benzene rings is 1. The molecule has 0 heteroatoms. The van der Waals surface area contributed by atoms with Crippen LogP contribution in [0, 0.1) is 6.92 Å². The third-order valence-corrected chi connectivity index (χ3v) is 2.52. The van der Waals surface area contributed by atoms with Gasteiger partial charge in [0.2, 0.25) is 0 Å². The molecule has 0 heterocycles. The van der Waals surface area contributed by atoms with E-state index in [4.69, 9.17) is 0 Å². The summed E-state index contributed by atoms with van der Waals surface area (Å²) in [7, 11) is 0. The van der Waals surface area contributed by atoms with Gasteiger partial charge in [0.15, 0.2) is 0 Å². The molecule has 1 aromatic carbocycles. The van der Waals surface area contributed by atoms with E-state index in [-0.39, 0.29) is 0 Å². The fourth-order valence-corrected chi connectivity index (χ4v) is 1.69. The summed E-state index contributed by atoms with van der Waals surface area (Å²) in [5.74, 6) is 0. The van der Waals surface area contributed by atoms with Gasteiger partial charge in [0.05, 0.1) is 0 Å². The third kappa shape index (κ3) is 2.60. The molecule has 0 saturated carbocycles. The molecule has 0 aromatic heterocycles. The van der Waals surface area contributed by atoms with Crippen molar-refractivity contribution in [3.05, 3.63) is 78.4 Å². The van der Waals surface area contributed by atoms with Crippen molar-refractivity contribution in [2.45, 2.75) is 13.8 Å². The Hall–Kier alpha value is -1.82. The lowest BCUT2D eigenvalue weighted by atomic mass is 9.95. The summed E-state index contributed by atoms with van der Waals surface area (Å²) in [4.78, 5) is 0. The molecule has 0 aliphatic carbocycles. The molecule has 16 heavy (non-hydrogen) atoms. The molecule has 82 valence electrons. The highest BCUT2D eigenvalue weighted by atomic mass is 14.1. The van der Waals surface area contributed by atoms with Gasteiger partial charge in [-0.3, -0.25) is 0 Å². The van der Waals surface area contributed by atoms with Gasteiger partial charge in [-0.15, -0.1) is 0 Å². The third-order valence-electron chi connectivity index (χ3n) is 2.52. The molecule has 0 nitrogen and oxygen atoms in total. The van der Waals surface area contributed by atoms with Crippen molar-refractivity contribution in [2.75, 3.05) is 0 Å². The van der Waals surface area contributed by atoms with Gasteiger partial charge in [-0.1, -0.05) is 61.7 Å². The van der Waals surface area contributed by atoms with Gasteiger partial charge in [0.1, 0.15) is 0 Å². The zero-order valence-electron chi connectivity index (χ0n) is 10.0. The standard InChI is InChI=1S/C16H18/c1-5-10-16(14(6-2)7-3)15-12-9-8-11-13(15)4/h5-12H,2-3H2,1,4H3. The molecule has 0 N–H and O–H groups in total. The molecular weight excluding hydrogens is 192 g/mol. The summed E-state index contributed by atoms with van der Waals surface area (Å²) in [6, 6.07) is 8.34.